The zero-order valence-electron chi connectivity index (χ0n) is 9.18. The van der Waals surface area contributed by atoms with Crippen molar-refractivity contribution < 1.29 is 4.79 Å². The van der Waals surface area contributed by atoms with Crippen LogP contribution in [0, 0.1) is 0 Å². The molecule has 0 bridgehead atoms. The molecule has 1 aliphatic rings. The fourth-order valence-corrected chi connectivity index (χ4v) is 2.06. The second kappa shape index (κ2) is 4.53. The topological polar surface area (TPSA) is 82.2 Å². The number of fused-ring (bicyclic) bond motifs is 1. The molecule has 0 fully saturated rings. The number of hydrogen-bond donors (Lipinski definition) is 3. The zero-order chi connectivity index (χ0) is 12.4. The lowest BCUT2D eigenvalue weighted by Gasteiger charge is -2.13. The monoisotopic (exact) mass is 259 g/mol. The van der Waals surface area contributed by atoms with Crippen LogP contribution in [0.3, 0.4) is 0 Å². The summed E-state index contributed by atoms with van der Waals surface area (Å²) in [7, 11) is 0. The van der Waals surface area contributed by atoms with Crippen molar-refractivity contribution in [3.63, 3.8) is 0 Å². The zero-order valence-corrected chi connectivity index (χ0v) is 9.99. The fourth-order valence-electron chi connectivity index (χ4n) is 1.49. The van der Waals surface area contributed by atoms with Crippen molar-refractivity contribution in [3.8, 4) is 0 Å². The number of hydrogen-bond acceptors (Lipinski definition) is 5. The van der Waals surface area contributed by atoms with E-state index in [1.54, 1.807) is 18.5 Å². The Bertz CT molecular complexity index is 607. The van der Waals surface area contributed by atoms with Gasteiger partial charge in [0.1, 0.15) is 5.82 Å². The number of imidazole rings is 1. The van der Waals surface area contributed by atoms with E-state index in [1.165, 1.54) is 11.9 Å². The van der Waals surface area contributed by atoms with Crippen LogP contribution < -0.4 is 10.6 Å². The van der Waals surface area contributed by atoms with Crippen LogP contribution in [0.5, 0.6) is 0 Å². The molecule has 0 atom stereocenters. The van der Waals surface area contributed by atoms with Gasteiger partial charge in [-0.1, -0.05) is 18.2 Å². The van der Waals surface area contributed by atoms with Crippen LogP contribution in [0.25, 0.3) is 0 Å². The Labute approximate surface area is 107 Å². The maximum atomic E-state index is 11.9. The first-order valence-electron chi connectivity index (χ1n) is 5.25. The van der Waals surface area contributed by atoms with E-state index in [-0.39, 0.29) is 5.91 Å². The number of benzene rings is 1. The highest BCUT2D eigenvalue weighted by molar-refractivity contribution is 7.98. The normalized spacial score (nSPS) is 13.2. The molecule has 1 aromatic carbocycles. The van der Waals surface area contributed by atoms with Gasteiger partial charge in [-0.3, -0.25) is 10.1 Å². The van der Waals surface area contributed by atoms with Crippen molar-refractivity contribution in [3.05, 3.63) is 42.2 Å². The molecule has 90 valence electrons. The Hall–Kier alpha value is -2.28. The van der Waals surface area contributed by atoms with E-state index >= 15 is 0 Å². The molecule has 0 spiro atoms. The van der Waals surface area contributed by atoms with Crippen LogP contribution in [0.4, 0.5) is 5.82 Å². The van der Waals surface area contributed by atoms with Crippen LogP contribution in [0.15, 0.2) is 46.1 Å². The van der Waals surface area contributed by atoms with Crippen molar-refractivity contribution in [2.24, 2.45) is 4.40 Å². The third-order valence-corrected chi connectivity index (χ3v) is 3.10. The van der Waals surface area contributed by atoms with Crippen LogP contribution in [0.2, 0.25) is 0 Å². The summed E-state index contributed by atoms with van der Waals surface area (Å²) >= 11 is 1.21. The van der Waals surface area contributed by atoms with E-state index in [9.17, 15) is 4.79 Å². The molecular formula is C11H9N5OS. The number of guanidine groups is 1. The number of carbonyl (C=O) groups excluding carboxylic acids is 1. The van der Waals surface area contributed by atoms with E-state index in [1.807, 2.05) is 18.2 Å². The first kappa shape index (κ1) is 10.8. The van der Waals surface area contributed by atoms with Crippen LogP contribution in [-0.2, 0) is 0 Å². The molecule has 0 saturated heterocycles. The van der Waals surface area contributed by atoms with Gasteiger partial charge in [-0.2, -0.15) is 4.40 Å². The Kier molecular flexibility index (Phi) is 2.73. The predicted molar refractivity (Wildman–Crippen MR) is 69.4 cm³/mol. The van der Waals surface area contributed by atoms with Gasteiger partial charge in [-0.05, 0) is 12.1 Å². The average Bonchev–Trinajstić information content (AvgIpc) is 2.87. The van der Waals surface area contributed by atoms with E-state index in [4.69, 9.17) is 0 Å². The second-order valence-corrected chi connectivity index (χ2v) is 4.31. The number of anilines is 1. The van der Waals surface area contributed by atoms with Gasteiger partial charge in [0.2, 0.25) is 5.96 Å². The van der Waals surface area contributed by atoms with Crippen molar-refractivity contribution in [1.82, 2.24) is 15.3 Å². The lowest BCUT2D eigenvalue weighted by molar-refractivity contribution is 0.0977. The molecular weight excluding hydrogens is 250 g/mol. The number of nitrogens with zero attached hydrogens (tertiary/aromatic N) is 2. The number of amides is 1. The first-order chi connectivity index (χ1) is 8.83. The third kappa shape index (κ3) is 2.07. The molecule has 7 heteroatoms. The van der Waals surface area contributed by atoms with Gasteiger partial charge in [0.25, 0.3) is 5.91 Å². The van der Waals surface area contributed by atoms with E-state index < -0.39 is 0 Å². The number of aromatic nitrogens is 2. The molecule has 1 aromatic heterocycles. The third-order valence-electron chi connectivity index (χ3n) is 2.34. The molecule has 2 aromatic rings. The average molecular weight is 259 g/mol. The molecule has 1 aliphatic heterocycles. The van der Waals surface area contributed by atoms with Gasteiger partial charge in [0.15, 0.2) is 5.03 Å². The molecule has 2 heterocycles. The predicted octanol–water partition coefficient (Wildman–Crippen LogP) is 1.63. The highest BCUT2D eigenvalue weighted by Crippen LogP contribution is 2.27. The highest BCUT2D eigenvalue weighted by Gasteiger charge is 2.16. The SMILES string of the molecule is O=C(NC1=NSc2nc[nH]c2N1)c1ccccc1. The Morgan fingerprint density at radius 3 is 2.94 bits per heavy atom. The lowest BCUT2D eigenvalue weighted by Crippen LogP contribution is -2.36. The molecule has 0 unspecified atom stereocenters. The first-order valence-corrected chi connectivity index (χ1v) is 6.02. The number of H-pyrrole nitrogens is 1. The van der Waals surface area contributed by atoms with Crippen molar-refractivity contribution >= 4 is 29.6 Å². The van der Waals surface area contributed by atoms with E-state index in [0.717, 1.165) is 10.8 Å². The highest BCUT2D eigenvalue weighted by atomic mass is 32.2. The molecule has 1 amide bonds. The largest absolute Gasteiger partial charge is 0.330 e. The minimum atomic E-state index is -0.203. The number of carbonyl (C=O) groups is 1. The van der Waals surface area contributed by atoms with Crippen LogP contribution >= 0.6 is 11.9 Å². The lowest BCUT2D eigenvalue weighted by atomic mass is 10.2. The molecule has 3 N–H and O–H groups in total. The van der Waals surface area contributed by atoms with E-state index in [0.29, 0.717) is 11.5 Å². The second-order valence-electron chi connectivity index (χ2n) is 3.56. The molecule has 6 nitrogen and oxygen atoms in total. The quantitative estimate of drug-likeness (QED) is 0.680. The number of aromatic amines is 1. The van der Waals surface area contributed by atoms with Gasteiger partial charge in [0, 0.05) is 17.5 Å². The van der Waals surface area contributed by atoms with Crippen molar-refractivity contribution in [1.29, 1.82) is 0 Å². The van der Waals surface area contributed by atoms with Gasteiger partial charge in [-0.15, -0.1) is 0 Å². The van der Waals surface area contributed by atoms with Gasteiger partial charge >= 0.3 is 0 Å². The van der Waals surface area contributed by atoms with Crippen molar-refractivity contribution in [2.75, 3.05) is 5.32 Å². The summed E-state index contributed by atoms with van der Waals surface area (Å²) in [6.07, 6.45) is 1.57. The number of nitrogens with one attached hydrogen (secondary N) is 3. The van der Waals surface area contributed by atoms with Gasteiger partial charge in [-0.25, -0.2) is 4.98 Å². The summed E-state index contributed by atoms with van der Waals surface area (Å²) in [5.41, 5.74) is 0.586. The Morgan fingerprint density at radius 1 is 1.28 bits per heavy atom. The molecule has 0 radical (unpaired) electrons. The van der Waals surface area contributed by atoms with E-state index in [2.05, 4.69) is 25.0 Å². The maximum Gasteiger partial charge on any atom is 0.257 e. The summed E-state index contributed by atoms with van der Waals surface area (Å²) in [5.74, 6) is 0.925. The summed E-state index contributed by atoms with van der Waals surface area (Å²) in [6, 6.07) is 8.97. The summed E-state index contributed by atoms with van der Waals surface area (Å²) in [6.45, 7) is 0. The molecule has 18 heavy (non-hydrogen) atoms. The Balaban J connectivity index is 1.71. The molecule has 3 rings (SSSR count). The van der Waals surface area contributed by atoms with Crippen LogP contribution in [-0.4, -0.2) is 21.8 Å². The minimum Gasteiger partial charge on any atom is -0.330 e. The smallest absolute Gasteiger partial charge is 0.257 e. The number of rotatable bonds is 1. The maximum absolute atomic E-state index is 11.9. The molecule has 0 aliphatic carbocycles. The molecule has 0 saturated carbocycles. The summed E-state index contributed by atoms with van der Waals surface area (Å²) in [4.78, 5) is 18.9. The van der Waals surface area contributed by atoms with Crippen LogP contribution in [0.1, 0.15) is 10.4 Å². The van der Waals surface area contributed by atoms with Gasteiger partial charge < -0.3 is 10.3 Å². The van der Waals surface area contributed by atoms with Crippen molar-refractivity contribution in [2.45, 2.75) is 5.03 Å². The minimum absolute atomic E-state index is 0.203. The Morgan fingerprint density at radius 2 is 2.11 bits per heavy atom. The standard InChI is InChI=1S/C11H9N5OS/c17-9(7-4-2-1-3-5-7)15-11-14-8-10(18-16-11)13-6-12-8/h1-6H,(H,12,13)(H2,14,15,16,17). The summed E-state index contributed by atoms with van der Waals surface area (Å²) in [5, 5.41) is 6.41. The summed E-state index contributed by atoms with van der Waals surface area (Å²) < 4.78 is 4.12. The fraction of sp³-hybridized carbons (Fsp3) is 0. The van der Waals surface area contributed by atoms with Gasteiger partial charge in [0.05, 0.1) is 6.33 Å².